The van der Waals surface area contributed by atoms with Crippen LogP contribution in [0.4, 0.5) is 17.8 Å². The summed E-state index contributed by atoms with van der Waals surface area (Å²) in [5, 5.41) is 0. The molecule has 25 heavy (non-hydrogen) atoms. The molecule has 0 saturated carbocycles. The molecule has 0 unspecified atom stereocenters. The third-order valence-corrected chi connectivity index (χ3v) is 2.59. The van der Waals surface area contributed by atoms with Crippen LogP contribution in [0.3, 0.4) is 0 Å². The molecule has 2 heterocycles. The van der Waals surface area contributed by atoms with Crippen LogP contribution in [-0.2, 0) is 19.1 Å². The Morgan fingerprint density at radius 3 is 1.24 bits per heavy atom. The fourth-order valence-electron chi connectivity index (χ4n) is 1.40. The van der Waals surface area contributed by atoms with Gasteiger partial charge in [-0.25, -0.2) is 9.59 Å². The minimum Gasteiger partial charge on any atom is -0.387 e. The van der Waals surface area contributed by atoms with Gasteiger partial charge >= 0.3 is 11.9 Å². The molecule has 2 rings (SSSR count). The summed E-state index contributed by atoms with van der Waals surface area (Å²) in [6.07, 6.45) is 2.17. The van der Waals surface area contributed by atoms with E-state index in [2.05, 4.69) is 45.4 Å². The van der Waals surface area contributed by atoms with E-state index in [0.29, 0.717) is 0 Å². The van der Waals surface area contributed by atoms with Gasteiger partial charge in [0.05, 0.1) is 0 Å². The summed E-state index contributed by atoms with van der Waals surface area (Å²) in [5.74, 6) is -1.03. The maximum atomic E-state index is 9.92. The molecule has 0 saturated heterocycles. The van der Waals surface area contributed by atoms with E-state index in [1.165, 1.54) is 19.6 Å². The lowest BCUT2D eigenvalue weighted by Crippen LogP contribution is -2.21. The van der Waals surface area contributed by atoms with Crippen molar-refractivity contribution in [2.24, 2.45) is 0 Å². The Hall–Kier alpha value is -3.08. The molecule has 11 heteroatoms. The first kappa shape index (κ1) is 24.2. The van der Waals surface area contributed by atoms with Crippen LogP contribution >= 0.6 is 0 Å². The highest BCUT2D eigenvalue weighted by Crippen LogP contribution is 1.97. The molecule has 6 N–H and O–H groups in total. The van der Waals surface area contributed by atoms with Gasteiger partial charge in [0, 0.05) is 12.2 Å². The van der Waals surface area contributed by atoms with Crippen molar-refractivity contribution in [3.8, 4) is 0 Å². The van der Waals surface area contributed by atoms with Gasteiger partial charge in [-0.3, -0.25) is 0 Å². The van der Waals surface area contributed by atoms with Crippen LogP contribution in [0, 0.1) is 0 Å². The standard InChI is InChI=1S/C6H15N.C4H2O3.C3H6N6.CH2O/c1-4-7(5-2)6-3;5-3-1-2-4(6)7-3;4-1-7-2(5)9-3(6)8-1;1-2/h4-6H2,1-3H3;1-2H;(H6,4,5,6,7,8,9);1H2. The Morgan fingerprint density at radius 1 is 0.840 bits per heavy atom. The summed E-state index contributed by atoms with van der Waals surface area (Å²) in [6.45, 7) is 12.1. The van der Waals surface area contributed by atoms with Crippen LogP contribution in [0.2, 0.25) is 0 Å². The van der Waals surface area contributed by atoms with E-state index in [-0.39, 0.29) is 17.8 Å². The Kier molecular flexibility index (Phi) is 14.0. The highest BCUT2D eigenvalue weighted by atomic mass is 16.6. The number of carbonyl (C=O) groups is 3. The smallest absolute Gasteiger partial charge is 0.338 e. The lowest BCUT2D eigenvalue weighted by atomic mass is 10.5. The van der Waals surface area contributed by atoms with Gasteiger partial charge < -0.3 is 31.6 Å². The lowest BCUT2D eigenvalue weighted by molar-refractivity contribution is -0.150. The second-order valence-electron chi connectivity index (χ2n) is 4.10. The third-order valence-electron chi connectivity index (χ3n) is 2.59. The second kappa shape index (κ2) is 14.5. The number of nitrogens with zero attached hydrogens (tertiary/aromatic N) is 4. The predicted molar refractivity (Wildman–Crippen MR) is 93.9 cm³/mol. The number of rotatable bonds is 3. The first-order valence-corrected chi connectivity index (χ1v) is 7.29. The number of ether oxygens (including phenoxy) is 1. The van der Waals surface area contributed by atoms with Gasteiger partial charge in [0.25, 0.3) is 0 Å². The number of carbonyl (C=O) groups excluding carboxylic acids is 3. The maximum absolute atomic E-state index is 9.92. The zero-order chi connectivity index (χ0) is 19.8. The summed E-state index contributed by atoms with van der Waals surface area (Å²) >= 11 is 0. The number of hydrogen-bond acceptors (Lipinski definition) is 11. The fraction of sp³-hybridized carbons (Fsp3) is 0.429. The van der Waals surface area contributed by atoms with Crippen LogP contribution in [0.15, 0.2) is 12.2 Å². The number of esters is 2. The van der Waals surface area contributed by atoms with Crippen LogP contribution in [0.1, 0.15) is 20.8 Å². The Labute approximate surface area is 146 Å². The van der Waals surface area contributed by atoms with Gasteiger partial charge in [-0.2, -0.15) is 15.0 Å². The second-order valence-corrected chi connectivity index (χ2v) is 4.10. The van der Waals surface area contributed by atoms with Crippen molar-refractivity contribution < 1.29 is 19.1 Å². The Bertz CT molecular complexity index is 490. The van der Waals surface area contributed by atoms with E-state index >= 15 is 0 Å². The SMILES string of the molecule is C=O.CCN(CC)CC.Nc1nc(N)nc(N)n1.O=C1C=CC(=O)O1. The molecule has 0 bridgehead atoms. The number of nitrogen functional groups attached to an aromatic ring is 3. The van der Waals surface area contributed by atoms with Gasteiger partial charge in [0.2, 0.25) is 17.8 Å². The van der Waals surface area contributed by atoms with Crippen molar-refractivity contribution in [2.45, 2.75) is 20.8 Å². The molecule has 0 radical (unpaired) electrons. The zero-order valence-electron chi connectivity index (χ0n) is 14.6. The van der Waals surface area contributed by atoms with E-state index in [4.69, 9.17) is 22.0 Å². The molecule has 1 aliphatic rings. The van der Waals surface area contributed by atoms with Gasteiger partial charge in [-0.15, -0.1) is 0 Å². The highest BCUT2D eigenvalue weighted by Gasteiger charge is 2.10. The number of nitrogens with two attached hydrogens (primary N) is 3. The first-order valence-electron chi connectivity index (χ1n) is 7.29. The van der Waals surface area contributed by atoms with Crippen molar-refractivity contribution in [2.75, 3.05) is 36.8 Å². The highest BCUT2D eigenvalue weighted by molar-refractivity contribution is 6.04. The lowest BCUT2D eigenvalue weighted by Gasteiger charge is -2.13. The number of cyclic esters (lactones) is 2. The van der Waals surface area contributed by atoms with Crippen molar-refractivity contribution in [3.63, 3.8) is 0 Å². The topological polar surface area (TPSA) is 180 Å². The first-order chi connectivity index (χ1) is 11.8. The van der Waals surface area contributed by atoms with Crippen molar-refractivity contribution in [1.29, 1.82) is 0 Å². The molecule has 0 amide bonds. The van der Waals surface area contributed by atoms with Gasteiger partial charge in [-0.05, 0) is 19.6 Å². The summed E-state index contributed by atoms with van der Waals surface area (Å²) in [5.41, 5.74) is 15.4. The van der Waals surface area contributed by atoms with Gasteiger partial charge in [0.15, 0.2) is 0 Å². The van der Waals surface area contributed by atoms with Crippen LogP contribution in [-0.4, -0.2) is 58.2 Å². The van der Waals surface area contributed by atoms with Crippen LogP contribution in [0.25, 0.3) is 0 Å². The van der Waals surface area contributed by atoms with Gasteiger partial charge in [0.1, 0.15) is 6.79 Å². The fourth-order valence-corrected chi connectivity index (χ4v) is 1.40. The summed E-state index contributed by atoms with van der Waals surface area (Å²) in [7, 11) is 0. The average molecular weight is 355 g/mol. The normalized spacial score (nSPS) is 11.4. The maximum Gasteiger partial charge on any atom is 0.338 e. The number of aromatic nitrogens is 3. The average Bonchev–Trinajstić information content (AvgIpc) is 2.94. The molecule has 11 nitrogen and oxygen atoms in total. The van der Waals surface area contributed by atoms with E-state index in [0.717, 1.165) is 12.2 Å². The molecule has 1 aliphatic heterocycles. The minimum atomic E-state index is -0.579. The number of anilines is 3. The molecular formula is C14H25N7O4. The molecule has 1 aromatic rings. The van der Waals surface area contributed by atoms with Crippen LogP contribution in [0.5, 0.6) is 0 Å². The quantitative estimate of drug-likeness (QED) is 0.465. The molecule has 0 aliphatic carbocycles. The Morgan fingerprint density at radius 2 is 1.12 bits per heavy atom. The van der Waals surface area contributed by atoms with E-state index in [1.54, 1.807) is 0 Å². The monoisotopic (exact) mass is 355 g/mol. The third kappa shape index (κ3) is 13.1. The Balaban J connectivity index is 0. The molecule has 0 aromatic carbocycles. The molecule has 0 fully saturated rings. The molecule has 140 valence electrons. The summed E-state index contributed by atoms with van der Waals surface area (Å²) in [6, 6.07) is 0. The van der Waals surface area contributed by atoms with E-state index < -0.39 is 11.9 Å². The molecule has 0 spiro atoms. The predicted octanol–water partition coefficient (Wildman–Crippen LogP) is -0.593. The van der Waals surface area contributed by atoms with Crippen LogP contribution < -0.4 is 17.2 Å². The van der Waals surface area contributed by atoms with E-state index in [1.807, 2.05) is 6.79 Å². The summed E-state index contributed by atoms with van der Waals surface area (Å²) < 4.78 is 3.97. The molecule has 0 atom stereocenters. The largest absolute Gasteiger partial charge is 0.387 e. The van der Waals surface area contributed by atoms with Crippen molar-refractivity contribution in [3.05, 3.63) is 12.2 Å². The number of hydrogen-bond donors (Lipinski definition) is 3. The zero-order valence-corrected chi connectivity index (χ0v) is 14.6. The van der Waals surface area contributed by atoms with Gasteiger partial charge in [-0.1, -0.05) is 20.8 Å². The molecule has 1 aromatic heterocycles. The van der Waals surface area contributed by atoms with Crippen molar-refractivity contribution in [1.82, 2.24) is 19.9 Å². The van der Waals surface area contributed by atoms with E-state index in [9.17, 15) is 9.59 Å². The minimum absolute atomic E-state index is 0.0417. The summed E-state index contributed by atoms with van der Waals surface area (Å²) in [4.78, 5) is 40.7. The van der Waals surface area contributed by atoms with Crippen molar-refractivity contribution >= 4 is 36.6 Å². The molecular weight excluding hydrogens is 330 g/mol.